The zero-order valence-electron chi connectivity index (χ0n) is 13.8. The molecule has 0 radical (unpaired) electrons. The third-order valence-electron chi connectivity index (χ3n) is 4.26. The summed E-state index contributed by atoms with van der Waals surface area (Å²) in [5.74, 6) is 3.18. The van der Waals surface area contributed by atoms with Crippen LogP contribution in [0.25, 0.3) is 0 Å². The summed E-state index contributed by atoms with van der Waals surface area (Å²) in [5.41, 5.74) is 0. The summed E-state index contributed by atoms with van der Waals surface area (Å²) in [6, 6.07) is 8.44. The minimum absolute atomic E-state index is 0.249. The largest absolute Gasteiger partial charge is 0.494 e. The first kappa shape index (κ1) is 16.2. The highest BCUT2D eigenvalue weighted by atomic mass is 16.5. The number of benzene rings is 1. The molecule has 0 bridgehead atoms. The van der Waals surface area contributed by atoms with E-state index in [9.17, 15) is 0 Å². The average Bonchev–Trinajstić information content (AvgIpc) is 2.45. The first-order valence-electron chi connectivity index (χ1n) is 8.26. The van der Waals surface area contributed by atoms with Gasteiger partial charge in [0.2, 0.25) is 0 Å². The lowest BCUT2D eigenvalue weighted by Crippen LogP contribution is -2.50. The monoisotopic (exact) mass is 291 g/mol. The topological polar surface area (TPSA) is 30.5 Å². The van der Waals surface area contributed by atoms with Gasteiger partial charge in [-0.3, -0.25) is 0 Å². The van der Waals surface area contributed by atoms with E-state index in [0.717, 1.165) is 24.0 Å². The molecule has 1 fully saturated rings. The summed E-state index contributed by atoms with van der Waals surface area (Å²) < 4.78 is 11.8. The van der Waals surface area contributed by atoms with Crippen molar-refractivity contribution < 1.29 is 9.47 Å². The predicted molar refractivity (Wildman–Crippen MR) is 87.1 cm³/mol. The van der Waals surface area contributed by atoms with Gasteiger partial charge in [0.25, 0.3) is 0 Å². The molecule has 118 valence electrons. The van der Waals surface area contributed by atoms with E-state index in [4.69, 9.17) is 9.47 Å². The molecule has 0 aromatic heterocycles. The number of rotatable bonds is 6. The third kappa shape index (κ3) is 4.37. The van der Waals surface area contributed by atoms with Gasteiger partial charge in [0.05, 0.1) is 6.61 Å². The Morgan fingerprint density at radius 2 is 1.71 bits per heavy atom. The zero-order valence-corrected chi connectivity index (χ0v) is 13.8. The molecule has 0 amide bonds. The fraction of sp³-hybridized carbons (Fsp3) is 0.667. The van der Waals surface area contributed by atoms with Crippen LogP contribution in [0.5, 0.6) is 11.5 Å². The highest BCUT2D eigenvalue weighted by Gasteiger charge is 2.35. The molecule has 1 aliphatic carbocycles. The maximum absolute atomic E-state index is 6.30. The van der Waals surface area contributed by atoms with E-state index < -0.39 is 0 Å². The lowest BCUT2D eigenvalue weighted by Gasteiger charge is -2.40. The van der Waals surface area contributed by atoms with E-state index in [0.29, 0.717) is 18.6 Å². The molecule has 21 heavy (non-hydrogen) atoms. The molecule has 4 unspecified atom stereocenters. The van der Waals surface area contributed by atoms with Gasteiger partial charge in [0.15, 0.2) is 0 Å². The lowest BCUT2D eigenvalue weighted by molar-refractivity contribution is 0.0483. The van der Waals surface area contributed by atoms with Crippen LogP contribution in [-0.4, -0.2) is 25.3 Å². The van der Waals surface area contributed by atoms with Crippen molar-refractivity contribution in [1.82, 2.24) is 5.32 Å². The van der Waals surface area contributed by atoms with E-state index >= 15 is 0 Å². The predicted octanol–water partition coefficient (Wildman–Crippen LogP) is 3.88. The van der Waals surface area contributed by atoms with E-state index in [-0.39, 0.29) is 6.10 Å². The first-order valence-corrected chi connectivity index (χ1v) is 8.26. The molecule has 3 nitrogen and oxygen atoms in total. The molecular weight excluding hydrogens is 262 g/mol. The minimum Gasteiger partial charge on any atom is -0.494 e. The Morgan fingerprint density at radius 3 is 2.33 bits per heavy atom. The molecule has 1 saturated carbocycles. The van der Waals surface area contributed by atoms with Crippen molar-refractivity contribution in [1.29, 1.82) is 0 Å². The van der Waals surface area contributed by atoms with Gasteiger partial charge in [0.1, 0.15) is 17.6 Å². The molecule has 0 aliphatic heterocycles. The Hall–Kier alpha value is -1.22. The summed E-state index contributed by atoms with van der Waals surface area (Å²) in [4.78, 5) is 0. The number of nitrogens with one attached hydrogen (secondary N) is 1. The molecule has 4 atom stereocenters. The summed E-state index contributed by atoms with van der Waals surface area (Å²) in [6.07, 6.45) is 2.68. The Labute approximate surface area is 129 Å². The molecule has 0 heterocycles. The number of hydrogen-bond donors (Lipinski definition) is 1. The molecule has 0 spiro atoms. The van der Waals surface area contributed by atoms with Crippen LogP contribution in [0.4, 0.5) is 0 Å². The van der Waals surface area contributed by atoms with E-state index in [1.165, 1.54) is 12.8 Å². The van der Waals surface area contributed by atoms with E-state index in [1.807, 2.05) is 31.2 Å². The average molecular weight is 291 g/mol. The highest BCUT2D eigenvalue weighted by molar-refractivity contribution is 5.31. The second-order valence-electron chi connectivity index (χ2n) is 6.20. The summed E-state index contributed by atoms with van der Waals surface area (Å²) >= 11 is 0. The molecule has 1 aromatic rings. The van der Waals surface area contributed by atoms with Crippen LogP contribution in [0.15, 0.2) is 24.3 Å². The van der Waals surface area contributed by atoms with E-state index in [2.05, 4.69) is 26.1 Å². The quantitative estimate of drug-likeness (QED) is 0.863. The molecule has 3 heteroatoms. The van der Waals surface area contributed by atoms with Crippen molar-refractivity contribution in [3.05, 3.63) is 24.3 Å². The van der Waals surface area contributed by atoms with Crippen LogP contribution in [0, 0.1) is 11.8 Å². The molecule has 1 aromatic carbocycles. The van der Waals surface area contributed by atoms with Gasteiger partial charge < -0.3 is 14.8 Å². The van der Waals surface area contributed by atoms with Crippen molar-refractivity contribution in [3.8, 4) is 11.5 Å². The fourth-order valence-corrected chi connectivity index (χ4v) is 3.43. The Kier molecular flexibility index (Phi) is 5.92. The second-order valence-corrected chi connectivity index (χ2v) is 6.20. The maximum Gasteiger partial charge on any atom is 0.120 e. The summed E-state index contributed by atoms with van der Waals surface area (Å²) in [5, 5.41) is 3.60. The number of ether oxygens (including phenoxy) is 2. The van der Waals surface area contributed by atoms with Gasteiger partial charge >= 0.3 is 0 Å². The number of likely N-dealkylation sites (N-methyl/N-ethyl adjacent to an activating group) is 1. The Morgan fingerprint density at radius 1 is 1.05 bits per heavy atom. The molecule has 1 aliphatic rings. The highest BCUT2D eigenvalue weighted by Crippen LogP contribution is 2.32. The van der Waals surface area contributed by atoms with Crippen LogP contribution in [-0.2, 0) is 0 Å². The van der Waals surface area contributed by atoms with Gasteiger partial charge in [-0.1, -0.05) is 20.8 Å². The summed E-state index contributed by atoms with van der Waals surface area (Å²) in [6.45, 7) is 10.5. The lowest BCUT2D eigenvalue weighted by atomic mass is 9.78. The third-order valence-corrected chi connectivity index (χ3v) is 4.26. The second kappa shape index (κ2) is 7.69. The number of hydrogen-bond acceptors (Lipinski definition) is 3. The zero-order chi connectivity index (χ0) is 15.2. The van der Waals surface area contributed by atoms with Gasteiger partial charge in [-0.05, 0) is 62.4 Å². The summed E-state index contributed by atoms with van der Waals surface area (Å²) in [7, 11) is 0. The van der Waals surface area contributed by atoms with E-state index in [1.54, 1.807) is 0 Å². The smallest absolute Gasteiger partial charge is 0.120 e. The molecule has 1 N–H and O–H groups in total. The maximum atomic E-state index is 6.30. The van der Waals surface area contributed by atoms with Crippen molar-refractivity contribution in [2.24, 2.45) is 11.8 Å². The van der Waals surface area contributed by atoms with Gasteiger partial charge in [-0.2, -0.15) is 0 Å². The van der Waals surface area contributed by atoms with Crippen molar-refractivity contribution >= 4 is 0 Å². The van der Waals surface area contributed by atoms with Crippen molar-refractivity contribution in [3.63, 3.8) is 0 Å². The van der Waals surface area contributed by atoms with Gasteiger partial charge in [-0.25, -0.2) is 0 Å². The Bertz CT molecular complexity index is 418. The SMILES string of the molecule is CCNC1CC(C)CC(C)C1Oc1ccc(OCC)cc1. The van der Waals surface area contributed by atoms with Crippen LogP contribution in [0.2, 0.25) is 0 Å². The van der Waals surface area contributed by atoms with Crippen molar-refractivity contribution in [2.45, 2.75) is 52.7 Å². The van der Waals surface area contributed by atoms with Crippen LogP contribution in [0.1, 0.15) is 40.5 Å². The van der Waals surface area contributed by atoms with Crippen LogP contribution < -0.4 is 14.8 Å². The fourth-order valence-electron chi connectivity index (χ4n) is 3.43. The first-order chi connectivity index (χ1) is 10.1. The molecule has 2 rings (SSSR count). The Balaban J connectivity index is 2.04. The minimum atomic E-state index is 0.249. The van der Waals surface area contributed by atoms with Gasteiger partial charge in [0, 0.05) is 6.04 Å². The van der Waals surface area contributed by atoms with Crippen LogP contribution >= 0.6 is 0 Å². The normalized spacial score (nSPS) is 29.1. The molecular formula is C18H29NO2. The van der Waals surface area contributed by atoms with Crippen LogP contribution in [0.3, 0.4) is 0 Å². The van der Waals surface area contributed by atoms with Gasteiger partial charge in [-0.15, -0.1) is 0 Å². The standard InChI is InChI=1S/C18H29NO2/c1-5-19-17-12-13(3)11-14(4)18(17)21-16-9-7-15(8-10-16)20-6-2/h7-10,13-14,17-19H,5-6,11-12H2,1-4H3. The van der Waals surface area contributed by atoms with Crippen molar-refractivity contribution in [2.75, 3.05) is 13.2 Å². The molecule has 0 saturated heterocycles.